The van der Waals surface area contributed by atoms with Gasteiger partial charge in [-0.25, -0.2) is 0 Å². The molecule has 1 aromatic rings. The highest BCUT2D eigenvalue weighted by Gasteiger charge is 2.38. The van der Waals surface area contributed by atoms with Crippen molar-refractivity contribution in [2.75, 3.05) is 0 Å². The third-order valence-corrected chi connectivity index (χ3v) is 3.35. The number of aryl methyl sites for hydroxylation is 1. The second-order valence-corrected chi connectivity index (χ2v) is 4.94. The van der Waals surface area contributed by atoms with Gasteiger partial charge in [-0.2, -0.15) is 18.3 Å². The van der Waals surface area contributed by atoms with E-state index in [1.165, 1.54) is 6.92 Å². The van der Waals surface area contributed by atoms with E-state index in [1.807, 2.05) is 0 Å². The molecule has 1 N–H and O–H groups in total. The van der Waals surface area contributed by atoms with Crippen molar-refractivity contribution in [1.29, 1.82) is 0 Å². The maximum atomic E-state index is 12.6. The van der Waals surface area contributed by atoms with Gasteiger partial charge in [0.25, 0.3) is 0 Å². The molecular formula is C11H13ClF3N3O. The number of alkyl halides is 3. The molecule has 1 amide bonds. The molecule has 8 heteroatoms. The average Bonchev–Trinajstić information content (AvgIpc) is 3.04. The lowest BCUT2D eigenvalue weighted by Gasteiger charge is -2.05. The third kappa shape index (κ3) is 3.40. The van der Waals surface area contributed by atoms with Gasteiger partial charge in [0.15, 0.2) is 5.69 Å². The lowest BCUT2D eigenvalue weighted by Crippen LogP contribution is -2.26. The Labute approximate surface area is 112 Å². The van der Waals surface area contributed by atoms with E-state index < -0.39 is 16.9 Å². The number of carbonyl (C=O) groups excluding carboxylic acids is 1. The summed E-state index contributed by atoms with van der Waals surface area (Å²) in [4.78, 5) is 11.5. The monoisotopic (exact) mass is 295 g/mol. The van der Waals surface area contributed by atoms with Crippen LogP contribution in [0.4, 0.5) is 13.2 Å². The van der Waals surface area contributed by atoms with E-state index in [-0.39, 0.29) is 30.6 Å². The fraction of sp³-hybridized carbons (Fsp3) is 0.636. The number of nitrogens with zero attached hydrogens (tertiary/aromatic N) is 2. The molecule has 0 atom stereocenters. The zero-order valence-electron chi connectivity index (χ0n) is 10.2. The molecule has 0 aliphatic heterocycles. The molecule has 0 saturated heterocycles. The van der Waals surface area contributed by atoms with Gasteiger partial charge in [-0.15, -0.1) is 0 Å². The molecule has 19 heavy (non-hydrogen) atoms. The number of hydrogen-bond donors (Lipinski definition) is 1. The summed E-state index contributed by atoms with van der Waals surface area (Å²) in [6, 6.07) is 0.237. The predicted molar refractivity (Wildman–Crippen MR) is 62.8 cm³/mol. The van der Waals surface area contributed by atoms with E-state index >= 15 is 0 Å². The summed E-state index contributed by atoms with van der Waals surface area (Å²) in [5, 5.41) is 5.78. The maximum absolute atomic E-state index is 12.6. The molecule has 106 valence electrons. The summed E-state index contributed by atoms with van der Waals surface area (Å²) < 4.78 is 38.9. The molecule has 1 fully saturated rings. The van der Waals surface area contributed by atoms with Crippen LogP contribution < -0.4 is 5.32 Å². The molecule has 0 bridgehead atoms. The molecule has 4 nitrogen and oxygen atoms in total. The zero-order chi connectivity index (χ0) is 14.2. The number of carbonyl (C=O) groups is 1. The van der Waals surface area contributed by atoms with Gasteiger partial charge in [0.05, 0.1) is 17.3 Å². The molecule has 1 saturated carbocycles. The molecule has 1 aliphatic rings. The predicted octanol–water partition coefficient (Wildman–Crippen LogP) is 2.53. The Balaban J connectivity index is 2.01. The molecule has 0 radical (unpaired) electrons. The molecule has 0 spiro atoms. The standard InChI is InChI=1S/C11H13ClF3N3O/c1-6-9(12)10(11(13,14)15)17-18(6)5-4-8(19)16-7-2-3-7/h7H,2-5H2,1H3,(H,16,19). The summed E-state index contributed by atoms with van der Waals surface area (Å²) in [5.74, 6) is -0.179. The Morgan fingerprint density at radius 1 is 1.53 bits per heavy atom. The quantitative estimate of drug-likeness (QED) is 0.928. The van der Waals surface area contributed by atoms with Gasteiger partial charge < -0.3 is 5.32 Å². The van der Waals surface area contributed by atoms with Crippen LogP contribution in [-0.2, 0) is 17.5 Å². The van der Waals surface area contributed by atoms with E-state index in [9.17, 15) is 18.0 Å². The Hall–Kier alpha value is -1.24. The highest BCUT2D eigenvalue weighted by atomic mass is 35.5. The molecule has 0 unspecified atom stereocenters. The topological polar surface area (TPSA) is 46.9 Å². The Bertz CT molecular complexity index is 494. The Morgan fingerprint density at radius 3 is 2.63 bits per heavy atom. The SMILES string of the molecule is Cc1c(Cl)c(C(F)(F)F)nn1CCC(=O)NC1CC1. The number of aromatic nitrogens is 2. The van der Waals surface area contributed by atoms with Gasteiger partial charge in [0.2, 0.25) is 5.91 Å². The molecule has 1 aliphatic carbocycles. The van der Waals surface area contributed by atoms with Gasteiger partial charge in [0.1, 0.15) is 0 Å². The number of amides is 1. The van der Waals surface area contributed by atoms with Gasteiger partial charge in [-0.3, -0.25) is 9.48 Å². The van der Waals surface area contributed by atoms with Crippen molar-refractivity contribution in [3.8, 4) is 0 Å². The van der Waals surface area contributed by atoms with E-state index in [2.05, 4.69) is 10.4 Å². The van der Waals surface area contributed by atoms with Crippen LogP contribution >= 0.6 is 11.6 Å². The molecule has 1 aromatic heterocycles. The van der Waals surface area contributed by atoms with Gasteiger partial charge in [-0.05, 0) is 19.8 Å². The molecule has 2 rings (SSSR count). The smallest absolute Gasteiger partial charge is 0.353 e. The highest BCUT2D eigenvalue weighted by Crippen LogP contribution is 2.35. The second-order valence-electron chi connectivity index (χ2n) is 4.56. The van der Waals surface area contributed by atoms with Crippen LogP contribution in [0, 0.1) is 6.92 Å². The lowest BCUT2D eigenvalue weighted by atomic mass is 10.3. The van der Waals surface area contributed by atoms with Crippen molar-refractivity contribution in [3.05, 3.63) is 16.4 Å². The van der Waals surface area contributed by atoms with E-state index in [0.29, 0.717) is 0 Å². The maximum Gasteiger partial charge on any atom is 0.436 e. The fourth-order valence-electron chi connectivity index (χ4n) is 1.66. The number of hydrogen-bond acceptors (Lipinski definition) is 2. The summed E-state index contributed by atoms with van der Waals surface area (Å²) in [6.07, 6.45) is -2.55. The summed E-state index contributed by atoms with van der Waals surface area (Å²) in [7, 11) is 0. The number of halogens is 4. The first kappa shape index (κ1) is 14.2. The molecular weight excluding hydrogens is 283 g/mol. The van der Waals surface area contributed by atoms with E-state index in [4.69, 9.17) is 11.6 Å². The van der Waals surface area contributed by atoms with Crippen molar-refractivity contribution >= 4 is 17.5 Å². The van der Waals surface area contributed by atoms with Crippen molar-refractivity contribution in [2.24, 2.45) is 0 Å². The number of nitrogens with one attached hydrogen (secondary N) is 1. The molecule has 1 heterocycles. The van der Waals surface area contributed by atoms with Crippen LogP contribution in [0.3, 0.4) is 0 Å². The van der Waals surface area contributed by atoms with Crippen molar-refractivity contribution in [1.82, 2.24) is 15.1 Å². The highest BCUT2D eigenvalue weighted by molar-refractivity contribution is 6.31. The zero-order valence-corrected chi connectivity index (χ0v) is 11.0. The Morgan fingerprint density at radius 2 is 2.16 bits per heavy atom. The first-order chi connectivity index (χ1) is 8.79. The summed E-state index contributed by atoms with van der Waals surface area (Å²) in [6.45, 7) is 1.53. The average molecular weight is 296 g/mol. The number of rotatable bonds is 4. The second kappa shape index (κ2) is 5.03. The van der Waals surface area contributed by atoms with Crippen LogP contribution in [0.15, 0.2) is 0 Å². The van der Waals surface area contributed by atoms with Crippen LogP contribution in [0.25, 0.3) is 0 Å². The minimum absolute atomic E-state index is 0.0835. The fourth-order valence-corrected chi connectivity index (χ4v) is 1.90. The van der Waals surface area contributed by atoms with Gasteiger partial charge in [-0.1, -0.05) is 11.6 Å². The first-order valence-corrected chi connectivity index (χ1v) is 6.26. The Kier molecular flexibility index (Phi) is 3.75. The van der Waals surface area contributed by atoms with Crippen LogP contribution in [0.2, 0.25) is 5.02 Å². The van der Waals surface area contributed by atoms with E-state index in [0.717, 1.165) is 17.5 Å². The first-order valence-electron chi connectivity index (χ1n) is 5.88. The lowest BCUT2D eigenvalue weighted by molar-refractivity contribution is -0.141. The van der Waals surface area contributed by atoms with Crippen molar-refractivity contribution < 1.29 is 18.0 Å². The van der Waals surface area contributed by atoms with Gasteiger partial charge >= 0.3 is 6.18 Å². The third-order valence-electron chi connectivity index (χ3n) is 2.90. The van der Waals surface area contributed by atoms with Crippen LogP contribution in [0.1, 0.15) is 30.7 Å². The van der Waals surface area contributed by atoms with Crippen molar-refractivity contribution in [3.63, 3.8) is 0 Å². The van der Waals surface area contributed by atoms with E-state index in [1.54, 1.807) is 0 Å². The van der Waals surface area contributed by atoms with Gasteiger partial charge in [0, 0.05) is 12.5 Å². The normalized spacial score (nSPS) is 15.6. The summed E-state index contributed by atoms with van der Waals surface area (Å²) in [5.41, 5.74) is -0.887. The summed E-state index contributed by atoms with van der Waals surface area (Å²) >= 11 is 5.60. The minimum Gasteiger partial charge on any atom is -0.353 e. The minimum atomic E-state index is -4.58. The molecule has 0 aromatic carbocycles. The van der Waals surface area contributed by atoms with Crippen LogP contribution in [0.5, 0.6) is 0 Å². The van der Waals surface area contributed by atoms with Crippen LogP contribution in [-0.4, -0.2) is 21.7 Å². The largest absolute Gasteiger partial charge is 0.436 e. The van der Waals surface area contributed by atoms with Crippen molar-refractivity contribution in [2.45, 2.75) is 44.9 Å².